The minimum atomic E-state index is 1.00. The quantitative estimate of drug-likeness (QED) is 0.626. The number of nitrogens with zero attached hydrogens (tertiary/aromatic N) is 3. The van der Waals surface area contributed by atoms with Crippen LogP contribution in [0.2, 0.25) is 0 Å². The zero-order valence-corrected chi connectivity index (χ0v) is 15.0. The Morgan fingerprint density at radius 3 is 2.54 bits per heavy atom. The second-order valence-electron chi connectivity index (χ2n) is 6.33. The first-order chi connectivity index (χ1) is 11.7. The predicted octanol–water partition coefficient (Wildman–Crippen LogP) is 4.74. The van der Waals surface area contributed by atoms with E-state index >= 15 is 0 Å². The van der Waals surface area contributed by atoms with E-state index in [0.29, 0.717) is 0 Å². The Balaban J connectivity index is 1.93. The standard InChI is InChI=1S/C21H27N3/c1-4-23(5-2)14-9-15-24-20-13-7-6-12-19(20)22-21(24)18-11-8-10-17(3)16-18/h6-8,10-13,16H,4-5,9,14-15H2,1-3H3. The number of hydrogen-bond acceptors (Lipinski definition) is 2. The van der Waals surface area contributed by atoms with Gasteiger partial charge in [-0.2, -0.15) is 0 Å². The molecule has 0 unspecified atom stereocenters. The average molecular weight is 321 g/mol. The fourth-order valence-electron chi connectivity index (χ4n) is 3.30. The van der Waals surface area contributed by atoms with Crippen LogP contribution in [0, 0.1) is 6.92 Å². The van der Waals surface area contributed by atoms with E-state index in [4.69, 9.17) is 4.98 Å². The molecule has 3 heteroatoms. The molecule has 0 atom stereocenters. The Kier molecular flexibility index (Phi) is 5.31. The van der Waals surface area contributed by atoms with Gasteiger partial charge in [0.15, 0.2) is 0 Å². The van der Waals surface area contributed by atoms with Crippen molar-refractivity contribution in [1.82, 2.24) is 14.5 Å². The van der Waals surface area contributed by atoms with E-state index in [1.54, 1.807) is 0 Å². The molecule has 0 amide bonds. The van der Waals surface area contributed by atoms with Crippen LogP contribution in [0.25, 0.3) is 22.4 Å². The number of rotatable bonds is 7. The Bertz CT molecular complexity index is 800. The zero-order chi connectivity index (χ0) is 16.9. The fraction of sp³-hybridized carbons (Fsp3) is 0.381. The molecule has 0 aliphatic carbocycles. The van der Waals surface area contributed by atoms with Gasteiger partial charge in [0.2, 0.25) is 0 Å². The molecule has 3 nitrogen and oxygen atoms in total. The van der Waals surface area contributed by atoms with Crippen LogP contribution in [0.4, 0.5) is 0 Å². The van der Waals surface area contributed by atoms with E-state index in [2.05, 4.69) is 78.8 Å². The first-order valence-corrected chi connectivity index (χ1v) is 8.97. The topological polar surface area (TPSA) is 21.1 Å². The van der Waals surface area contributed by atoms with Gasteiger partial charge in [-0.25, -0.2) is 4.98 Å². The molecule has 126 valence electrons. The molecular weight excluding hydrogens is 294 g/mol. The van der Waals surface area contributed by atoms with Gasteiger partial charge >= 0.3 is 0 Å². The van der Waals surface area contributed by atoms with Crippen LogP contribution in [-0.4, -0.2) is 34.1 Å². The highest BCUT2D eigenvalue weighted by molar-refractivity contribution is 5.80. The third-order valence-electron chi connectivity index (χ3n) is 4.68. The largest absolute Gasteiger partial charge is 0.324 e. The lowest BCUT2D eigenvalue weighted by Crippen LogP contribution is -2.24. The monoisotopic (exact) mass is 321 g/mol. The molecule has 2 aromatic carbocycles. The van der Waals surface area contributed by atoms with E-state index in [9.17, 15) is 0 Å². The van der Waals surface area contributed by atoms with Crippen LogP contribution >= 0.6 is 0 Å². The predicted molar refractivity (Wildman–Crippen MR) is 102 cm³/mol. The van der Waals surface area contributed by atoms with Crippen LogP contribution in [0.5, 0.6) is 0 Å². The summed E-state index contributed by atoms with van der Waals surface area (Å²) in [7, 11) is 0. The third kappa shape index (κ3) is 3.51. The second-order valence-corrected chi connectivity index (χ2v) is 6.33. The number of fused-ring (bicyclic) bond motifs is 1. The SMILES string of the molecule is CCN(CC)CCCn1c(-c2cccc(C)c2)nc2ccccc21. The number of para-hydroxylation sites is 2. The summed E-state index contributed by atoms with van der Waals surface area (Å²) in [5.74, 6) is 1.08. The lowest BCUT2D eigenvalue weighted by molar-refractivity contribution is 0.294. The summed E-state index contributed by atoms with van der Waals surface area (Å²) < 4.78 is 2.38. The summed E-state index contributed by atoms with van der Waals surface area (Å²) in [5.41, 5.74) is 4.79. The lowest BCUT2D eigenvalue weighted by Gasteiger charge is -2.18. The van der Waals surface area contributed by atoms with Crippen molar-refractivity contribution in [2.24, 2.45) is 0 Å². The Morgan fingerprint density at radius 2 is 1.79 bits per heavy atom. The summed E-state index contributed by atoms with van der Waals surface area (Å²) in [6, 6.07) is 17.1. The Labute approximate surface area is 144 Å². The number of hydrogen-bond donors (Lipinski definition) is 0. The molecule has 0 fully saturated rings. The highest BCUT2D eigenvalue weighted by Gasteiger charge is 2.12. The van der Waals surface area contributed by atoms with Gasteiger partial charge < -0.3 is 9.47 Å². The molecular formula is C21H27N3. The molecule has 0 aliphatic heterocycles. The van der Waals surface area contributed by atoms with Gasteiger partial charge in [0.05, 0.1) is 11.0 Å². The second kappa shape index (κ2) is 7.63. The van der Waals surface area contributed by atoms with Crippen LogP contribution in [0.3, 0.4) is 0 Å². The summed E-state index contributed by atoms with van der Waals surface area (Å²) in [6.45, 7) is 11.0. The molecule has 0 spiro atoms. The van der Waals surface area contributed by atoms with Crippen molar-refractivity contribution in [2.45, 2.75) is 33.7 Å². The Morgan fingerprint density at radius 1 is 1.00 bits per heavy atom. The van der Waals surface area contributed by atoms with Gasteiger partial charge in [-0.15, -0.1) is 0 Å². The van der Waals surface area contributed by atoms with Crippen LogP contribution in [0.15, 0.2) is 48.5 Å². The highest BCUT2D eigenvalue weighted by atomic mass is 15.1. The smallest absolute Gasteiger partial charge is 0.141 e. The molecule has 3 rings (SSSR count). The van der Waals surface area contributed by atoms with Crippen molar-refractivity contribution < 1.29 is 0 Å². The van der Waals surface area contributed by atoms with Crippen molar-refractivity contribution in [1.29, 1.82) is 0 Å². The molecule has 24 heavy (non-hydrogen) atoms. The molecule has 0 saturated carbocycles. The van der Waals surface area contributed by atoms with Crippen molar-refractivity contribution in [3.63, 3.8) is 0 Å². The maximum absolute atomic E-state index is 4.91. The molecule has 0 saturated heterocycles. The first kappa shape index (κ1) is 16.7. The van der Waals surface area contributed by atoms with Gasteiger partial charge in [-0.3, -0.25) is 0 Å². The molecule has 3 aromatic rings. The van der Waals surface area contributed by atoms with Crippen molar-refractivity contribution in [3.05, 3.63) is 54.1 Å². The summed E-state index contributed by atoms with van der Waals surface area (Å²) >= 11 is 0. The number of aryl methyl sites for hydroxylation is 2. The highest BCUT2D eigenvalue weighted by Crippen LogP contribution is 2.25. The fourth-order valence-corrected chi connectivity index (χ4v) is 3.30. The van der Waals surface area contributed by atoms with Crippen LogP contribution in [-0.2, 0) is 6.54 Å². The van der Waals surface area contributed by atoms with Gasteiger partial charge in [0.25, 0.3) is 0 Å². The van der Waals surface area contributed by atoms with Gasteiger partial charge in [0.1, 0.15) is 5.82 Å². The first-order valence-electron chi connectivity index (χ1n) is 8.97. The number of aromatic nitrogens is 2. The number of benzene rings is 2. The molecule has 0 N–H and O–H groups in total. The molecule has 1 heterocycles. The molecule has 0 bridgehead atoms. The van der Waals surface area contributed by atoms with Gasteiger partial charge in [-0.1, -0.05) is 49.7 Å². The summed E-state index contributed by atoms with van der Waals surface area (Å²) in [6.07, 6.45) is 1.14. The summed E-state index contributed by atoms with van der Waals surface area (Å²) in [4.78, 5) is 7.39. The minimum Gasteiger partial charge on any atom is -0.324 e. The molecule has 0 aliphatic rings. The van der Waals surface area contributed by atoms with E-state index in [-0.39, 0.29) is 0 Å². The van der Waals surface area contributed by atoms with Crippen molar-refractivity contribution >= 4 is 11.0 Å². The van der Waals surface area contributed by atoms with E-state index in [0.717, 1.165) is 43.9 Å². The van der Waals surface area contributed by atoms with Crippen LogP contribution < -0.4 is 0 Å². The maximum atomic E-state index is 4.91. The van der Waals surface area contributed by atoms with Gasteiger partial charge in [-0.05, 0) is 51.2 Å². The zero-order valence-electron chi connectivity index (χ0n) is 15.0. The number of imidazole rings is 1. The molecule has 0 radical (unpaired) electrons. The normalized spacial score (nSPS) is 11.5. The Hall–Kier alpha value is -2.13. The van der Waals surface area contributed by atoms with Crippen molar-refractivity contribution in [3.8, 4) is 11.4 Å². The third-order valence-corrected chi connectivity index (χ3v) is 4.68. The summed E-state index contributed by atoms with van der Waals surface area (Å²) in [5, 5.41) is 0. The van der Waals surface area contributed by atoms with E-state index < -0.39 is 0 Å². The minimum absolute atomic E-state index is 1.00. The van der Waals surface area contributed by atoms with E-state index in [1.807, 2.05) is 0 Å². The van der Waals surface area contributed by atoms with Gasteiger partial charge in [0, 0.05) is 12.1 Å². The maximum Gasteiger partial charge on any atom is 0.141 e. The average Bonchev–Trinajstić information content (AvgIpc) is 2.97. The molecule has 1 aromatic heterocycles. The van der Waals surface area contributed by atoms with E-state index in [1.165, 1.54) is 16.6 Å². The lowest BCUT2D eigenvalue weighted by atomic mass is 10.1. The van der Waals surface area contributed by atoms with Crippen molar-refractivity contribution in [2.75, 3.05) is 19.6 Å². The van der Waals surface area contributed by atoms with Crippen LogP contribution in [0.1, 0.15) is 25.8 Å².